The molecular weight excluding hydrogens is 226 g/mol. The fraction of sp³-hybridized carbons (Fsp3) is 0.600. The first-order valence-corrected chi connectivity index (χ1v) is 6.82. The lowest BCUT2D eigenvalue weighted by atomic mass is 10.1. The van der Waals surface area contributed by atoms with Crippen LogP contribution >= 0.6 is 0 Å². The lowest BCUT2D eigenvalue weighted by molar-refractivity contribution is 0.372. The maximum absolute atomic E-state index is 9.54. The molecular formula is C15H23NO2. The molecule has 2 rings (SSSR count). The zero-order valence-corrected chi connectivity index (χ0v) is 11.3. The van der Waals surface area contributed by atoms with Gasteiger partial charge < -0.3 is 15.2 Å². The molecule has 3 nitrogen and oxygen atoms in total. The molecule has 1 unspecified atom stereocenters. The van der Waals surface area contributed by atoms with Crippen LogP contribution in [0.25, 0.3) is 0 Å². The van der Waals surface area contributed by atoms with Crippen molar-refractivity contribution >= 4 is 0 Å². The highest BCUT2D eigenvalue weighted by Crippen LogP contribution is 2.34. The number of ether oxygens (including phenoxy) is 1. The van der Waals surface area contributed by atoms with Crippen LogP contribution in [0.4, 0.5) is 0 Å². The van der Waals surface area contributed by atoms with E-state index in [1.54, 1.807) is 13.2 Å². The zero-order chi connectivity index (χ0) is 13.0. The molecule has 100 valence electrons. The highest BCUT2D eigenvalue weighted by Gasteiger charge is 2.24. The average molecular weight is 249 g/mol. The summed E-state index contributed by atoms with van der Waals surface area (Å²) in [5, 5.41) is 13.1. The molecule has 1 aromatic rings. The van der Waals surface area contributed by atoms with E-state index < -0.39 is 0 Å². The van der Waals surface area contributed by atoms with E-state index in [2.05, 4.69) is 12.2 Å². The Morgan fingerprint density at radius 3 is 2.83 bits per heavy atom. The standard InChI is InChI=1S/C15H23NO2/c1-3-13(8-11-4-5-11)16-10-12-6-7-14(17)15(9-12)18-2/h6-7,9,11,13,16-17H,3-5,8,10H2,1-2H3. The fourth-order valence-corrected chi connectivity index (χ4v) is 2.24. The average Bonchev–Trinajstić information content (AvgIpc) is 3.20. The number of hydrogen-bond donors (Lipinski definition) is 2. The summed E-state index contributed by atoms with van der Waals surface area (Å²) in [7, 11) is 1.58. The lowest BCUT2D eigenvalue weighted by Crippen LogP contribution is -2.28. The van der Waals surface area contributed by atoms with Crippen LogP contribution in [0.2, 0.25) is 0 Å². The molecule has 1 aliphatic carbocycles. The minimum absolute atomic E-state index is 0.200. The van der Waals surface area contributed by atoms with Crippen molar-refractivity contribution in [2.75, 3.05) is 7.11 Å². The Bertz CT molecular complexity index is 388. The molecule has 1 saturated carbocycles. The first-order chi connectivity index (χ1) is 8.72. The molecule has 1 fully saturated rings. The van der Waals surface area contributed by atoms with Crippen molar-refractivity contribution in [2.24, 2.45) is 5.92 Å². The van der Waals surface area contributed by atoms with Crippen molar-refractivity contribution in [2.45, 2.75) is 45.2 Å². The molecule has 0 aromatic heterocycles. The predicted octanol–water partition coefficient (Wildman–Crippen LogP) is 3.07. The summed E-state index contributed by atoms with van der Waals surface area (Å²) in [6.45, 7) is 3.07. The van der Waals surface area contributed by atoms with Gasteiger partial charge in [-0.15, -0.1) is 0 Å². The van der Waals surface area contributed by atoms with Crippen molar-refractivity contribution in [3.05, 3.63) is 23.8 Å². The number of nitrogens with one attached hydrogen (secondary N) is 1. The van der Waals surface area contributed by atoms with Crippen molar-refractivity contribution in [1.29, 1.82) is 0 Å². The Hall–Kier alpha value is -1.22. The quantitative estimate of drug-likeness (QED) is 0.780. The first-order valence-electron chi connectivity index (χ1n) is 6.82. The zero-order valence-electron chi connectivity index (χ0n) is 11.3. The molecule has 0 bridgehead atoms. The van der Waals surface area contributed by atoms with Gasteiger partial charge in [-0.3, -0.25) is 0 Å². The van der Waals surface area contributed by atoms with Crippen LogP contribution in [0, 0.1) is 5.92 Å². The van der Waals surface area contributed by atoms with Crippen molar-refractivity contribution in [3.63, 3.8) is 0 Å². The Kier molecular flexibility index (Phi) is 4.48. The number of phenolic OH excluding ortho intramolecular Hbond substituents is 1. The number of rotatable bonds is 7. The first kappa shape index (κ1) is 13.2. The maximum atomic E-state index is 9.54. The van der Waals surface area contributed by atoms with Gasteiger partial charge in [0.15, 0.2) is 11.5 Å². The highest BCUT2D eigenvalue weighted by atomic mass is 16.5. The summed E-state index contributed by atoms with van der Waals surface area (Å²) in [5.74, 6) is 1.70. The molecule has 1 aliphatic rings. The van der Waals surface area contributed by atoms with Gasteiger partial charge in [-0.1, -0.05) is 25.8 Å². The number of benzene rings is 1. The minimum Gasteiger partial charge on any atom is -0.504 e. The fourth-order valence-electron chi connectivity index (χ4n) is 2.24. The van der Waals surface area contributed by atoms with Crippen LogP contribution in [0.1, 0.15) is 38.2 Å². The van der Waals surface area contributed by atoms with Gasteiger partial charge in [0.05, 0.1) is 7.11 Å². The van der Waals surface area contributed by atoms with Gasteiger partial charge in [0.2, 0.25) is 0 Å². The van der Waals surface area contributed by atoms with Crippen LogP contribution in [0.5, 0.6) is 11.5 Å². The summed E-state index contributed by atoms with van der Waals surface area (Å²) in [6, 6.07) is 6.13. The topological polar surface area (TPSA) is 41.5 Å². The number of hydrogen-bond acceptors (Lipinski definition) is 3. The molecule has 1 aromatic carbocycles. The molecule has 0 heterocycles. The van der Waals surface area contributed by atoms with Gasteiger partial charge in [-0.2, -0.15) is 0 Å². The van der Waals surface area contributed by atoms with Crippen LogP contribution in [-0.2, 0) is 6.54 Å². The van der Waals surface area contributed by atoms with Crippen LogP contribution < -0.4 is 10.1 Å². The largest absolute Gasteiger partial charge is 0.504 e. The predicted molar refractivity (Wildman–Crippen MR) is 72.9 cm³/mol. The third kappa shape index (κ3) is 3.64. The van der Waals surface area contributed by atoms with Crippen LogP contribution in [-0.4, -0.2) is 18.3 Å². The smallest absolute Gasteiger partial charge is 0.160 e. The van der Waals surface area contributed by atoms with Gasteiger partial charge >= 0.3 is 0 Å². The van der Waals surface area contributed by atoms with Gasteiger partial charge in [-0.05, 0) is 36.5 Å². The molecule has 0 amide bonds. The molecule has 0 radical (unpaired) electrons. The van der Waals surface area contributed by atoms with Gasteiger partial charge in [0.25, 0.3) is 0 Å². The second-order valence-corrected chi connectivity index (χ2v) is 5.17. The summed E-state index contributed by atoms with van der Waals surface area (Å²) >= 11 is 0. The Morgan fingerprint density at radius 2 is 2.22 bits per heavy atom. The van der Waals surface area contributed by atoms with E-state index in [9.17, 15) is 5.11 Å². The van der Waals surface area contributed by atoms with Crippen molar-refractivity contribution in [3.8, 4) is 11.5 Å². The lowest BCUT2D eigenvalue weighted by Gasteiger charge is -2.17. The summed E-state index contributed by atoms with van der Waals surface area (Å²) in [5.41, 5.74) is 1.15. The van der Waals surface area contributed by atoms with E-state index in [-0.39, 0.29) is 5.75 Å². The van der Waals surface area contributed by atoms with E-state index in [0.29, 0.717) is 11.8 Å². The third-order valence-electron chi connectivity index (χ3n) is 3.65. The highest BCUT2D eigenvalue weighted by molar-refractivity contribution is 5.41. The maximum Gasteiger partial charge on any atom is 0.160 e. The molecule has 3 heteroatoms. The second-order valence-electron chi connectivity index (χ2n) is 5.17. The number of methoxy groups -OCH3 is 1. The molecule has 2 N–H and O–H groups in total. The van der Waals surface area contributed by atoms with Crippen molar-refractivity contribution in [1.82, 2.24) is 5.32 Å². The molecule has 1 atom stereocenters. The van der Waals surface area contributed by atoms with Crippen molar-refractivity contribution < 1.29 is 9.84 Å². The van der Waals surface area contributed by atoms with Gasteiger partial charge in [-0.25, -0.2) is 0 Å². The number of phenols is 1. The number of aromatic hydroxyl groups is 1. The van der Waals surface area contributed by atoms with E-state index in [4.69, 9.17) is 4.74 Å². The normalized spacial score (nSPS) is 16.6. The van der Waals surface area contributed by atoms with E-state index in [0.717, 1.165) is 18.0 Å². The van der Waals surface area contributed by atoms with E-state index in [1.807, 2.05) is 12.1 Å². The van der Waals surface area contributed by atoms with Gasteiger partial charge in [0, 0.05) is 12.6 Å². The SMILES string of the molecule is CCC(CC1CC1)NCc1ccc(O)c(OC)c1. The van der Waals surface area contributed by atoms with E-state index >= 15 is 0 Å². The van der Waals surface area contributed by atoms with Crippen LogP contribution in [0.15, 0.2) is 18.2 Å². The molecule has 18 heavy (non-hydrogen) atoms. The Balaban J connectivity index is 1.87. The van der Waals surface area contributed by atoms with E-state index in [1.165, 1.54) is 25.7 Å². The monoisotopic (exact) mass is 249 g/mol. The molecule has 0 saturated heterocycles. The summed E-state index contributed by atoms with van der Waals surface area (Å²) in [6.07, 6.45) is 5.29. The Morgan fingerprint density at radius 1 is 1.44 bits per heavy atom. The molecule has 0 aliphatic heterocycles. The van der Waals surface area contributed by atoms with Gasteiger partial charge in [0.1, 0.15) is 0 Å². The summed E-state index contributed by atoms with van der Waals surface area (Å²) < 4.78 is 5.12. The van der Waals surface area contributed by atoms with Crippen LogP contribution in [0.3, 0.4) is 0 Å². The minimum atomic E-state index is 0.200. The molecule has 0 spiro atoms. The second kappa shape index (κ2) is 6.10. The Labute approximate surface area is 109 Å². The summed E-state index contributed by atoms with van der Waals surface area (Å²) in [4.78, 5) is 0. The third-order valence-corrected chi connectivity index (χ3v) is 3.65.